The van der Waals surface area contributed by atoms with Gasteiger partial charge in [0.05, 0.1) is 16.7 Å². The van der Waals surface area contributed by atoms with Crippen molar-refractivity contribution >= 4 is 23.2 Å². The molecule has 3 nitrogen and oxygen atoms in total. The van der Waals surface area contributed by atoms with Crippen molar-refractivity contribution in [3.63, 3.8) is 0 Å². The summed E-state index contributed by atoms with van der Waals surface area (Å²) in [5.41, 5.74) is 1.69. The maximum atomic E-state index is 8.87. The molecule has 0 aliphatic rings. The Morgan fingerprint density at radius 1 is 1.00 bits per heavy atom. The molecular weight excluding hydrogens is 259 g/mol. The summed E-state index contributed by atoms with van der Waals surface area (Å²) in [4.78, 5) is 8.30. The molecule has 1 aromatic heterocycles. The first-order chi connectivity index (χ1) is 8.19. The van der Waals surface area contributed by atoms with Gasteiger partial charge in [0.25, 0.3) is 0 Å². The highest BCUT2D eigenvalue weighted by molar-refractivity contribution is 6.42. The summed E-state index contributed by atoms with van der Waals surface area (Å²) < 4.78 is 0. The SMILES string of the molecule is OCc1cnc(Cc2ccc(Cl)c(Cl)c2)nc1. The van der Waals surface area contributed by atoms with Crippen molar-refractivity contribution in [3.8, 4) is 0 Å². The van der Waals surface area contributed by atoms with E-state index in [9.17, 15) is 0 Å². The van der Waals surface area contributed by atoms with Gasteiger partial charge in [-0.2, -0.15) is 0 Å². The van der Waals surface area contributed by atoms with E-state index in [2.05, 4.69) is 9.97 Å². The van der Waals surface area contributed by atoms with Crippen LogP contribution in [0.3, 0.4) is 0 Å². The quantitative estimate of drug-likeness (QED) is 0.931. The van der Waals surface area contributed by atoms with Gasteiger partial charge in [0.2, 0.25) is 0 Å². The average molecular weight is 269 g/mol. The van der Waals surface area contributed by atoms with Crippen LogP contribution < -0.4 is 0 Å². The number of rotatable bonds is 3. The van der Waals surface area contributed by atoms with Crippen LogP contribution in [0.5, 0.6) is 0 Å². The van der Waals surface area contributed by atoms with Crippen molar-refractivity contribution in [1.82, 2.24) is 9.97 Å². The highest BCUT2D eigenvalue weighted by Gasteiger charge is 2.03. The molecule has 0 aliphatic heterocycles. The fourth-order valence-electron chi connectivity index (χ4n) is 1.39. The summed E-state index contributed by atoms with van der Waals surface area (Å²) in [6, 6.07) is 5.44. The van der Waals surface area contributed by atoms with Gasteiger partial charge in [-0.05, 0) is 17.7 Å². The molecule has 1 N–H and O–H groups in total. The number of hydrogen-bond acceptors (Lipinski definition) is 3. The summed E-state index contributed by atoms with van der Waals surface area (Å²) in [6.45, 7) is -0.0486. The van der Waals surface area contributed by atoms with Crippen LogP contribution in [0.2, 0.25) is 10.0 Å². The summed E-state index contributed by atoms with van der Waals surface area (Å²) >= 11 is 11.8. The topological polar surface area (TPSA) is 46.0 Å². The molecule has 0 saturated heterocycles. The first-order valence-corrected chi connectivity index (χ1v) is 5.79. The molecule has 2 rings (SSSR count). The zero-order valence-corrected chi connectivity index (χ0v) is 10.4. The van der Waals surface area contributed by atoms with E-state index in [1.165, 1.54) is 0 Å². The molecule has 17 heavy (non-hydrogen) atoms. The second kappa shape index (κ2) is 5.45. The summed E-state index contributed by atoms with van der Waals surface area (Å²) in [7, 11) is 0. The fraction of sp³-hybridized carbons (Fsp3) is 0.167. The maximum Gasteiger partial charge on any atom is 0.132 e. The molecule has 0 bridgehead atoms. The van der Waals surface area contributed by atoms with Crippen molar-refractivity contribution in [3.05, 3.63) is 57.6 Å². The Labute approximate surface area is 109 Å². The van der Waals surface area contributed by atoms with Gasteiger partial charge in [0, 0.05) is 24.4 Å². The number of halogens is 2. The van der Waals surface area contributed by atoms with E-state index in [1.807, 2.05) is 6.07 Å². The lowest BCUT2D eigenvalue weighted by Gasteiger charge is -2.03. The Kier molecular flexibility index (Phi) is 3.94. The molecule has 0 radical (unpaired) electrons. The number of aliphatic hydroxyl groups excluding tert-OH is 1. The van der Waals surface area contributed by atoms with Crippen LogP contribution in [0.25, 0.3) is 0 Å². The van der Waals surface area contributed by atoms with Crippen LogP contribution in [-0.2, 0) is 13.0 Å². The van der Waals surface area contributed by atoms with Gasteiger partial charge in [0.15, 0.2) is 0 Å². The molecule has 88 valence electrons. The van der Waals surface area contributed by atoms with E-state index in [0.29, 0.717) is 27.9 Å². The fourth-order valence-corrected chi connectivity index (χ4v) is 1.71. The van der Waals surface area contributed by atoms with Crippen molar-refractivity contribution < 1.29 is 5.11 Å². The van der Waals surface area contributed by atoms with E-state index in [0.717, 1.165) is 5.56 Å². The molecular formula is C12H10Cl2N2O. The summed E-state index contributed by atoms with van der Waals surface area (Å²) in [5.74, 6) is 0.681. The van der Waals surface area contributed by atoms with E-state index in [-0.39, 0.29) is 6.61 Å². The van der Waals surface area contributed by atoms with E-state index in [4.69, 9.17) is 28.3 Å². The second-order valence-electron chi connectivity index (χ2n) is 3.59. The van der Waals surface area contributed by atoms with Crippen LogP contribution in [-0.4, -0.2) is 15.1 Å². The lowest BCUT2D eigenvalue weighted by molar-refractivity contribution is 0.280. The molecule has 1 heterocycles. The number of aromatic nitrogens is 2. The monoisotopic (exact) mass is 268 g/mol. The summed E-state index contributed by atoms with van der Waals surface area (Å²) in [6.07, 6.45) is 3.81. The minimum Gasteiger partial charge on any atom is -0.392 e. The third kappa shape index (κ3) is 3.16. The van der Waals surface area contributed by atoms with Gasteiger partial charge in [-0.3, -0.25) is 0 Å². The molecule has 1 aromatic carbocycles. The normalized spacial score (nSPS) is 10.5. The predicted molar refractivity (Wildman–Crippen MR) is 67.2 cm³/mol. The molecule has 0 aliphatic carbocycles. The number of hydrogen-bond donors (Lipinski definition) is 1. The first-order valence-electron chi connectivity index (χ1n) is 5.03. The Bertz CT molecular complexity index is 514. The van der Waals surface area contributed by atoms with Gasteiger partial charge in [-0.25, -0.2) is 9.97 Å². The smallest absolute Gasteiger partial charge is 0.132 e. The zero-order valence-electron chi connectivity index (χ0n) is 8.90. The third-order valence-corrected chi connectivity index (χ3v) is 3.03. The number of nitrogens with zero attached hydrogens (tertiary/aromatic N) is 2. The highest BCUT2D eigenvalue weighted by Crippen LogP contribution is 2.23. The Hall–Kier alpha value is -1.16. The largest absolute Gasteiger partial charge is 0.392 e. The molecule has 0 fully saturated rings. The molecule has 0 saturated carbocycles. The van der Waals surface area contributed by atoms with Crippen LogP contribution in [0.15, 0.2) is 30.6 Å². The highest BCUT2D eigenvalue weighted by atomic mass is 35.5. The van der Waals surface area contributed by atoms with Crippen LogP contribution in [0.1, 0.15) is 17.0 Å². The van der Waals surface area contributed by atoms with Gasteiger partial charge in [-0.15, -0.1) is 0 Å². The second-order valence-corrected chi connectivity index (χ2v) is 4.41. The molecule has 0 atom stereocenters. The summed E-state index contributed by atoms with van der Waals surface area (Å²) in [5, 5.41) is 9.93. The standard InChI is InChI=1S/C12H10Cl2N2O/c13-10-2-1-8(3-11(10)14)4-12-15-5-9(7-17)6-16-12/h1-3,5-6,17H,4,7H2. The van der Waals surface area contributed by atoms with Gasteiger partial charge >= 0.3 is 0 Å². The van der Waals surface area contributed by atoms with Crippen molar-refractivity contribution in [1.29, 1.82) is 0 Å². The first kappa shape index (κ1) is 12.3. The minimum absolute atomic E-state index is 0.0486. The molecule has 2 aromatic rings. The van der Waals surface area contributed by atoms with E-state index < -0.39 is 0 Å². The molecule has 5 heteroatoms. The van der Waals surface area contributed by atoms with Crippen molar-refractivity contribution in [2.45, 2.75) is 13.0 Å². The predicted octanol–water partition coefficient (Wildman–Crippen LogP) is 2.87. The van der Waals surface area contributed by atoms with E-state index >= 15 is 0 Å². The van der Waals surface area contributed by atoms with E-state index in [1.54, 1.807) is 24.5 Å². The Balaban J connectivity index is 2.16. The maximum absolute atomic E-state index is 8.87. The molecule has 0 unspecified atom stereocenters. The lowest BCUT2D eigenvalue weighted by Crippen LogP contribution is -1.98. The molecule has 0 spiro atoms. The number of aliphatic hydroxyl groups is 1. The Morgan fingerprint density at radius 2 is 1.71 bits per heavy atom. The van der Waals surface area contributed by atoms with Gasteiger partial charge < -0.3 is 5.11 Å². The van der Waals surface area contributed by atoms with Gasteiger partial charge in [0.1, 0.15) is 5.82 Å². The van der Waals surface area contributed by atoms with Gasteiger partial charge in [-0.1, -0.05) is 29.3 Å². The van der Waals surface area contributed by atoms with Crippen LogP contribution in [0.4, 0.5) is 0 Å². The van der Waals surface area contributed by atoms with Crippen LogP contribution in [0, 0.1) is 0 Å². The third-order valence-electron chi connectivity index (χ3n) is 2.29. The zero-order chi connectivity index (χ0) is 12.3. The van der Waals surface area contributed by atoms with Crippen molar-refractivity contribution in [2.24, 2.45) is 0 Å². The lowest BCUT2D eigenvalue weighted by atomic mass is 10.1. The minimum atomic E-state index is -0.0486. The molecule has 0 amide bonds. The Morgan fingerprint density at radius 3 is 2.29 bits per heavy atom. The van der Waals surface area contributed by atoms with Crippen LogP contribution >= 0.6 is 23.2 Å². The average Bonchev–Trinajstić information content (AvgIpc) is 2.35. The number of benzene rings is 1. The van der Waals surface area contributed by atoms with Crippen molar-refractivity contribution in [2.75, 3.05) is 0 Å².